The molecule has 2 N–H and O–H groups in total. The Hall–Kier alpha value is -3.27. The second kappa shape index (κ2) is 8.61. The number of nitrogens with one attached hydrogen (secondary N) is 2. The Morgan fingerprint density at radius 3 is 2.75 bits per heavy atom. The third-order valence-electron chi connectivity index (χ3n) is 4.43. The highest BCUT2D eigenvalue weighted by Gasteiger charge is 2.12. The van der Waals surface area contributed by atoms with Gasteiger partial charge in [0.1, 0.15) is 17.0 Å². The van der Waals surface area contributed by atoms with E-state index in [1.54, 1.807) is 17.7 Å². The minimum Gasteiger partial charge on any atom is -0.368 e. The fourth-order valence-electron chi connectivity index (χ4n) is 3.09. The molecule has 2 aromatic carbocycles. The Kier molecular flexibility index (Phi) is 5.57. The summed E-state index contributed by atoms with van der Waals surface area (Å²) in [5.41, 5.74) is 4.12. The molecular weight excluding hydrogens is 366 g/mol. The zero-order valence-electron chi connectivity index (χ0n) is 15.2. The van der Waals surface area contributed by atoms with Crippen LogP contribution in [0.15, 0.2) is 66.3 Å². The normalized spacial score (nSPS) is 10.7. The number of nitrogens with zero attached hydrogens (tertiary/aromatic N) is 3. The number of fused-ring (bicyclic) bond motifs is 1. The third kappa shape index (κ3) is 4.01. The fourth-order valence-corrected chi connectivity index (χ4v) is 4.01. The van der Waals surface area contributed by atoms with Crippen molar-refractivity contribution in [2.45, 2.75) is 6.54 Å². The van der Waals surface area contributed by atoms with Crippen LogP contribution in [0.25, 0.3) is 21.3 Å². The van der Waals surface area contributed by atoms with E-state index in [0.29, 0.717) is 5.56 Å². The van der Waals surface area contributed by atoms with Crippen LogP contribution in [0.4, 0.5) is 5.82 Å². The van der Waals surface area contributed by atoms with Crippen molar-refractivity contribution >= 4 is 27.4 Å². The molecule has 138 valence electrons. The molecule has 0 bridgehead atoms. The lowest BCUT2D eigenvalue weighted by atomic mass is 10.1. The van der Waals surface area contributed by atoms with E-state index in [1.807, 2.05) is 42.5 Å². The average Bonchev–Trinajstić information content (AvgIpc) is 3.19. The molecule has 0 fully saturated rings. The first-order valence-corrected chi connectivity index (χ1v) is 9.94. The molecule has 6 heteroatoms. The SMILES string of the molecule is N#Cc1cccc(CNCCNc2ncnc3scc(-c4ccccc4)c23)c1. The summed E-state index contributed by atoms with van der Waals surface area (Å²) in [5.74, 6) is 0.860. The molecule has 0 unspecified atom stereocenters. The van der Waals surface area contributed by atoms with Gasteiger partial charge in [-0.25, -0.2) is 9.97 Å². The zero-order valence-corrected chi connectivity index (χ0v) is 16.0. The lowest BCUT2D eigenvalue weighted by Gasteiger charge is -2.09. The van der Waals surface area contributed by atoms with Gasteiger partial charge in [-0.2, -0.15) is 5.26 Å². The van der Waals surface area contributed by atoms with Crippen molar-refractivity contribution in [1.82, 2.24) is 15.3 Å². The van der Waals surface area contributed by atoms with E-state index in [4.69, 9.17) is 5.26 Å². The number of hydrogen-bond donors (Lipinski definition) is 2. The molecule has 0 saturated heterocycles. The minimum absolute atomic E-state index is 0.687. The highest BCUT2D eigenvalue weighted by Crippen LogP contribution is 2.36. The number of rotatable bonds is 7. The van der Waals surface area contributed by atoms with Crippen molar-refractivity contribution in [3.8, 4) is 17.2 Å². The first-order chi connectivity index (χ1) is 13.8. The molecule has 0 spiro atoms. The van der Waals surface area contributed by atoms with E-state index in [1.165, 1.54) is 5.56 Å². The van der Waals surface area contributed by atoms with Gasteiger partial charge >= 0.3 is 0 Å². The van der Waals surface area contributed by atoms with E-state index in [0.717, 1.165) is 46.8 Å². The molecule has 0 radical (unpaired) electrons. The summed E-state index contributed by atoms with van der Waals surface area (Å²) in [5, 5.41) is 19.0. The van der Waals surface area contributed by atoms with Gasteiger partial charge in [0.2, 0.25) is 0 Å². The molecule has 0 aliphatic heterocycles. The molecule has 0 atom stereocenters. The lowest BCUT2D eigenvalue weighted by Crippen LogP contribution is -2.22. The standard InChI is InChI=1S/C22H19N5S/c23-12-16-5-4-6-17(11-16)13-24-9-10-25-21-20-19(18-7-2-1-3-8-18)14-28-22(20)27-15-26-21/h1-8,11,14-15,24H,9-10,13H2,(H,25,26,27). The molecule has 0 saturated carbocycles. The summed E-state index contributed by atoms with van der Waals surface area (Å²) in [6, 6.07) is 20.1. The quantitative estimate of drug-likeness (QED) is 0.460. The van der Waals surface area contributed by atoms with Crippen LogP contribution in [0, 0.1) is 11.3 Å². The van der Waals surface area contributed by atoms with Crippen LogP contribution in [-0.4, -0.2) is 23.1 Å². The molecule has 5 nitrogen and oxygen atoms in total. The second-order valence-electron chi connectivity index (χ2n) is 6.33. The Labute approximate surface area is 167 Å². The number of aromatic nitrogens is 2. The molecule has 28 heavy (non-hydrogen) atoms. The van der Waals surface area contributed by atoms with Crippen LogP contribution >= 0.6 is 11.3 Å². The Morgan fingerprint density at radius 1 is 1.00 bits per heavy atom. The van der Waals surface area contributed by atoms with Gasteiger partial charge in [0.25, 0.3) is 0 Å². The van der Waals surface area contributed by atoms with Crippen molar-refractivity contribution in [3.05, 3.63) is 77.4 Å². The van der Waals surface area contributed by atoms with Crippen LogP contribution in [0.1, 0.15) is 11.1 Å². The van der Waals surface area contributed by atoms with Gasteiger partial charge in [-0.15, -0.1) is 11.3 Å². The van der Waals surface area contributed by atoms with Crippen molar-refractivity contribution in [2.24, 2.45) is 0 Å². The van der Waals surface area contributed by atoms with Gasteiger partial charge < -0.3 is 10.6 Å². The summed E-state index contributed by atoms with van der Waals surface area (Å²) in [6.07, 6.45) is 1.61. The van der Waals surface area contributed by atoms with Gasteiger partial charge in [-0.1, -0.05) is 42.5 Å². The number of thiophene rings is 1. The van der Waals surface area contributed by atoms with Gasteiger partial charge in [-0.05, 0) is 23.3 Å². The number of hydrogen-bond acceptors (Lipinski definition) is 6. The first-order valence-electron chi connectivity index (χ1n) is 9.06. The highest BCUT2D eigenvalue weighted by atomic mass is 32.1. The van der Waals surface area contributed by atoms with E-state index in [-0.39, 0.29) is 0 Å². The number of anilines is 1. The maximum Gasteiger partial charge on any atom is 0.138 e. The van der Waals surface area contributed by atoms with Gasteiger partial charge in [0, 0.05) is 30.6 Å². The highest BCUT2D eigenvalue weighted by molar-refractivity contribution is 7.17. The van der Waals surface area contributed by atoms with E-state index in [9.17, 15) is 0 Å². The summed E-state index contributed by atoms with van der Waals surface area (Å²) < 4.78 is 0. The Balaban J connectivity index is 1.41. The van der Waals surface area contributed by atoms with Crippen molar-refractivity contribution < 1.29 is 0 Å². The summed E-state index contributed by atoms with van der Waals surface area (Å²) in [6.45, 7) is 2.26. The number of nitriles is 1. The van der Waals surface area contributed by atoms with Gasteiger partial charge in [0.15, 0.2) is 0 Å². The molecule has 0 amide bonds. The largest absolute Gasteiger partial charge is 0.368 e. The molecule has 2 heterocycles. The summed E-state index contributed by atoms with van der Waals surface area (Å²) in [4.78, 5) is 9.86. The molecule has 2 aromatic heterocycles. The average molecular weight is 385 g/mol. The number of benzene rings is 2. The molecular formula is C22H19N5S. The minimum atomic E-state index is 0.687. The third-order valence-corrected chi connectivity index (χ3v) is 5.32. The zero-order chi connectivity index (χ0) is 19.2. The summed E-state index contributed by atoms with van der Waals surface area (Å²) >= 11 is 1.63. The van der Waals surface area contributed by atoms with Crippen LogP contribution in [0.5, 0.6) is 0 Å². The van der Waals surface area contributed by atoms with Crippen LogP contribution in [-0.2, 0) is 6.54 Å². The smallest absolute Gasteiger partial charge is 0.138 e. The predicted octanol–water partition coefficient (Wildman–Crippen LogP) is 4.43. The predicted molar refractivity (Wildman–Crippen MR) is 114 cm³/mol. The lowest BCUT2D eigenvalue weighted by molar-refractivity contribution is 0.706. The topological polar surface area (TPSA) is 73.6 Å². The molecule has 4 aromatic rings. The van der Waals surface area contributed by atoms with Crippen molar-refractivity contribution in [3.63, 3.8) is 0 Å². The Bertz CT molecular complexity index is 1110. The van der Waals surface area contributed by atoms with E-state index in [2.05, 4.69) is 44.2 Å². The van der Waals surface area contributed by atoms with Crippen LogP contribution < -0.4 is 10.6 Å². The van der Waals surface area contributed by atoms with Gasteiger partial charge in [-0.3, -0.25) is 0 Å². The molecule has 0 aliphatic carbocycles. The van der Waals surface area contributed by atoms with E-state index >= 15 is 0 Å². The summed E-state index contributed by atoms with van der Waals surface area (Å²) in [7, 11) is 0. The monoisotopic (exact) mass is 385 g/mol. The fraction of sp³-hybridized carbons (Fsp3) is 0.136. The van der Waals surface area contributed by atoms with Gasteiger partial charge in [0.05, 0.1) is 17.0 Å². The van der Waals surface area contributed by atoms with Crippen LogP contribution in [0.2, 0.25) is 0 Å². The Morgan fingerprint density at radius 2 is 1.89 bits per heavy atom. The first kappa shape index (κ1) is 18.1. The second-order valence-corrected chi connectivity index (χ2v) is 7.19. The van der Waals surface area contributed by atoms with E-state index < -0.39 is 0 Å². The maximum absolute atomic E-state index is 8.98. The van der Waals surface area contributed by atoms with Crippen molar-refractivity contribution in [2.75, 3.05) is 18.4 Å². The van der Waals surface area contributed by atoms with Crippen molar-refractivity contribution in [1.29, 1.82) is 5.26 Å². The van der Waals surface area contributed by atoms with Crippen LogP contribution in [0.3, 0.4) is 0 Å². The maximum atomic E-state index is 8.98. The molecule has 0 aliphatic rings. The molecule has 4 rings (SSSR count).